The van der Waals surface area contributed by atoms with Crippen LogP contribution in [0.2, 0.25) is 0 Å². The third kappa shape index (κ3) is 2.19. The number of aromatic nitrogens is 2. The smallest absolute Gasteiger partial charge is 0.268 e. The van der Waals surface area contributed by atoms with E-state index >= 15 is 0 Å². The van der Waals surface area contributed by atoms with Crippen LogP contribution in [0.5, 0.6) is 0 Å². The first-order valence-corrected chi connectivity index (χ1v) is 5.51. The SMILES string of the molecule is CC(C)Cn1nc2c(cc1=O)NCCC2. The lowest BCUT2D eigenvalue weighted by Crippen LogP contribution is -2.28. The molecule has 1 N–H and O–H groups in total. The number of hydrogen-bond donors (Lipinski definition) is 1. The van der Waals surface area contributed by atoms with Crippen molar-refractivity contribution in [2.45, 2.75) is 33.2 Å². The molecule has 0 amide bonds. The van der Waals surface area contributed by atoms with Crippen molar-refractivity contribution in [2.24, 2.45) is 5.92 Å². The second-order valence-corrected chi connectivity index (χ2v) is 4.45. The van der Waals surface area contributed by atoms with Crippen LogP contribution in [-0.2, 0) is 13.0 Å². The molecule has 4 heteroatoms. The highest BCUT2D eigenvalue weighted by atomic mass is 16.1. The zero-order valence-electron chi connectivity index (χ0n) is 9.29. The molecule has 0 unspecified atom stereocenters. The number of nitrogens with one attached hydrogen (secondary N) is 1. The topological polar surface area (TPSA) is 46.9 Å². The number of nitrogens with zero attached hydrogens (tertiary/aromatic N) is 2. The van der Waals surface area contributed by atoms with Gasteiger partial charge in [-0.3, -0.25) is 4.79 Å². The maximum absolute atomic E-state index is 11.7. The average Bonchev–Trinajstić information content (AvgIpc) is 2.18. The van der Waals surface area contributed by atoms with E-state index in [-0.39, 0.29) is 5.56 Å². The molecule has 0 aromatic carbocycles. The van der Waals surface area contributed by atoms with Gasteiger partial charge in [0.15, 0.2) is 0 Å². The lowest BCUT2D eigenvalue weighted by atomic mass is 10.1. The van der Waals surface area contributed by atoms with Crippen LogP contribution in [0.25, 0.3) is 0 Å². The van der Waals surface area contributed by atoms with Crippen LogP contribution >= 0.6 is 0 Å². The molecular formula is C11H17N3O. The second-order valence-electron chi connectivity index (χ2n) is 4.45. The number of hydrogen-bond acceptors (Lipinski definition) is 3. The lowest BCUT2D eigenvalue weighted by molar-refractivity contribution is 0.456. The standard InChI is InChI=1S/C11H17N3O/c1-8(2)7-14-11(15)6-10-9(13-14)4-3-5-12-10/h6,8,12H,3-5,7H2,1-2H3. The van der Waals surface area contributed by atoms with Gasteiger partial charge in [-0.2, -0.15) is 5.10 Å². The summed E-state index contributed by atoms with van der Waals surface area (Å²) in [5.74, 6) is 0.449. The molecule has 1 aliphatic rings. The van der Waals surface area contributed by atoms with Crippen LogP contribution in [0.3, 0.4) is 0 Å². The molecule has 1 aliphatic heterocycles. The van der Waals surface area contributed by atoms with Crippen molar-refractivity contribution in [3.8, 4) is 0 Å². The first kappa shape index (κ1) is 10.2. The van der Waals surface area contributed by atoms with Gasteiger partial charge in [0, 0.05) is 19.2 Å². The van der Waals surface area contributed by atoms with Crippen LogP contribution in [0.15, 0.2) is 10.9 Å². The Balaban J connectivity index is 2.36. The summed E-state index contributed by atoms with van der Waals surface area (Å²) in [5, 5.41) is 7.60. The predicted molar refractivity (Wildman–Crippen MR) is 60.1 cm³/mol. The first-order chi connectivity index (χ1) is 7.16. The van der Waals surface area contributed by atoms with E-state index < -0.39 is 0 Å². The molecule has 82 valence electrons. The van der Waals surface area contributed by atoms with Crippen LogP contribution in [0, 0.1) is 5.92 Å². The highest BCUT2D eigenvalue weighted by Crippen LogP contribution is 2.16. The van der Waals surface area contributed by atoms with E-state index in [4.69, 9.17) is 0 Å². The molecule has 0 bridgehead atoms. The van der Waals surface area contributed by atoms with Crippen molar-refractivity contribution in [1.82, 2.24) is 9.78 Å². The monoisotopic (exact) mass is 207 g/mol. The molecule has 0 aliphatic carbocycles. The zero-order chi connectivity index (χ0) is 10.8. The first-order valence-electron chi connectivity index (χ1n) is 5.51. The Bertz CT molecular complexity index is 409. The van der Waals surface area contributed by atoms with E-state index in [2.05, 4.69) is 24.3 Å². The van der Waals surface area contributed by atoms with Gasteiger partial charge in [-0.15, -0.1) is 0 Å². The van der Waals surface area contributed by atoms with Crippen molar-refractivity contribution >= 4 is 5.69 Å². The summed E-state index contributed by atoms with van der Waals surface area (Å²) in [6, 6.07) is 1.67. The number of rotatable bonds is 2. The number of fused-ring (bicyclic) bond motifs is 1. The van der Waals surface area contributed by atoms with E-state index in [0.717, 1.165) is 30.8 Å². The fourth-order valence-corrected chi connectivity index (χ4v) is 1.82. The van der Waals surface area contributed by atoms with Gasteiger partial charge in [-0.25, -0.2) is 4.68 Å². The third-order valence-electron chi connectivity index (χ3n) is 2.52. The molecule has 1 aromatic rings. The van der Waals surface area contributed by atoms with Gasteiger partial charge in [-0.1, -0.05) is 13.8 Å². The van der Waals surface area contributed by atoms with Gasteiger partial charge in [0.25, 0.3) is 5.56 Å². The summed E-state index contributed by atoms with van der Waals surface area (Å²) in [6.07, 6.45) is 2.07. The Hall–Kier alpha value is -1.32. The van der Waals surface area contributed by atoms with Gasteiger partial charge < -0.3 is 5.32 Å². The molecule has 0 saturated heterocycles. The normalized spacial score (nSPS) is 14.9. The maximum atomic E-state index is 11.7. The highest BCUT2D eigenvalue weighted by Gasteiger charge is 2.12. The van der Waals surface area contributed by atoms with Gasteiger partial charge in [0.2, 0.25) is 0 Å². The summed E-state index contributed by atoms with van der Waals surface area (Å²) in [4.78, 5) is 11.7. The molecule has 0 saturated carbocycles. The molecule has 15 heavy (non-hydrogen) atoms. The molecule has 0 fully saturated rings. The van der Waals surface area contributed by atoms with E-state index in [1.165, 1.54) is 0 Å². The predicted octanol–water partition coefficient (Wildman–Crippen LogP) is 1.26. The Labute approximate surface area is 89.3 Å². The Morgan fingerprint density at radius 3 is 3.13 bits per heavy atom. The van der Waals surface area contributed by atoms with E-state index in [1.807, 2.05) is 0 Å². The largest absolute Gasteiger partial charge is 0.383 e. The van der Waals surface area contributed by atoms with Crippen LogP contribution in [0.4, 0.5) is 5.69 Å². The zero-order valence-corrected chi connectivity index (χ0v) is 9.29. The van der Waals surface area contributed by atoms with Crippen LogP contribution in [-0.4, -0.2) is 16.3 Å². The fraction of sp³-hybridized carbons (Fsp3) is 0.636. The average molecular weight is 207 g/mol. The lowest BCUT2D eigenvalue weighted by Gasteiger charge is -2.18. The molecule has 2 rings (SSSR count). The summed E-state index contributed by atoms with van der Waals surface area (Å²) < 4.78 is 1.58. The quantitative estimate of drug-likeness (QED) is 0.794. The van der Waals surface area contributed by atoms with Gasteiger partial charge in [0.05, 0.1) is 11.4 Å². The number of aryl methyl sites for hydroxylation is 1. The van der Waals surface area contributed by atoms with Gasteiger partial charge in [0.1, 0.15) is 0 Å². The minimum Gasteiger partial charge on any atom is -0.383 e. The highest BCUT2D eigenvalue weighted by molar-refractivity contribution is 5.48. The van der Waals surface area contributed by atoms with Crippen molar-refractivity contribution in [3.05, 3.63) is 22.1 Å². The van der Waals surface area contributed by atoms with E-state index in [0.29, 0.717) is 12.5 Å². The summed E-state index contributed by atoms with van der Waals surface area (Å²) in [7, 11) is 0. The molecule has 4 nitrogen and oxygen atoms in total. The molecule has 0 spiro atoms. The summed E-state index contributed by atoms with van der Waals surface area (Å²) >= 11 is 0. The fourth-order valence-electron chi connectivity index (χ4n) is 1.82. The van der Waals surface area contributed by atoms with E-state index in [1.54, 1.807) is 10.7 Å². The maximum Gasteiger partial charge on any atom is 0.268 e. The van der Waals surface area contributed by atoms with Crippen molar-refractivity contribution in [3.63, 3.8) is 0 Å². The third-order valence-corrected chi connectivity index (χ3v) is 2.52. The minimum absolute atomic E-state index is 0.00292. The number of anilines is 1. The molecular weight excluding hydrogens is 190 g/mol. The molecule has 1 aromatic heterocycles. The van der Waals surface area contributed by atoms with Gasteiger partial charge in [-0.05, 0) is 18.8 Å². The van der Waals surface area contributed by atoms with Gasteiger partial charge >= 0.3 is 0 Å². The van der Waals surface area contributed by atoms with Crippen LogP contribution in [0.1, 0.15) is 26.0 Å². The molecule has 2 heterocycles. The second kappa shape index (κ2) is 4.04. The summed E-state index contributed by atoms with van der Waals surface area (Å²) in [6.45, 7) is 5.83. The van der Waals surface area contributed by atoms with Crippen molar-refractivity contribution < 1.29 is 0 Å². The summed E-state index contributed by atoms with van der Waals surface area (Å²) in [5.41, 5.74) is 1.95. The Kier molecular flexibility index (Phi) is 2.75. The molecule has 0 radical (unpaired) electrons. The van der Waals surface area contributed by atoms with E-state index in [9.17, 15) is 4.79 Å². The van der Waals surface area contributed by atoms with Crippen molar-refractivity contribution in [2.75, 3.05) is 11.9 Å². The Morgan fingerprint density at radius 1 is 1.60 bits per heavy atom. The Morgan fingerprint density at radius 2 is 2.40 bits per heavy atom. The van der Waals surface area contributed by atoms with Crippen molar-refractivity contribution in [1.29, 1.82) is 0 Å². The molecule has 0 atom stereocenters. The van der Waals surface area contributed by atoms with Crippen LogP contribution < -0.4 is 10.9 Å². The minimum atomic E-state index is -0.00292.